The van der Waals surface area contributed by atoms with Crippen molar-refractivity contribution in [1.29, 1.82) is 0 Å². The van der Waals surface area contributed by atoms with Gasteiger partial charge in [0.05, 0.1) is 25.0 Å². The Morgan fingerprint density at radius 1 is 1.07 bits per heavy atom. The summed E-state index contributed by atoms with van der Waals surface area (Å²) in [4.78, 5) is 30.8. The summed E-state index contributed by atoms with van der Waals surface area (Å²) < 4.78 is 10.8. The van der Waals surface area contributed by atoms with E-state index in [4.69, 9.17) is 9.47 Å². The molecule has 2 aromatic rings. The maximum atomic E-state index is 12.9. The minimum Gasteiger partial charge on any atom is -0.495 e. The zero-order valence-electron chi connectivity index (χ0n) is 16.8. The van der Waals surface area contributed by atoms with Crippen molar-refractivity contribution in [1.82, 2.24) is 4.90 Å². The number of aryl methyl sites for hydroxylation is 1. The molecule has 0 aromatic heterocycles. The van der Waals surface area contributed by atoms with Crippen LogP contribution in [0.1, 0.15) is 5.56 Å². The predicted octanol–water partition coefficient (Wildman–Crippen LogP) is 2.08. The third-order valence-corrected chi connectivity index (χ3v) is 5.38. The summed E-state index contributed by atoms with van der Waals surface area (Å²) in [7, 11) is 1.67. The number of amides is 1. The Morgan fingerprint density at radius 2 is 1.83 bits per heavy atom. The Bertz CT molecular complexity index is 922. The molecule has 2 aliphatic rings. The summed E-state index contributed by atoms with van der Waals surface area (Å²) in [5, 5.41) is 0. The number of hydrogen-bond acceptors (Lipinski definition) is 6. The summed E-state index contributed by atoms with van der Waals surface area (Å²) >= 11 is 0. The second-order valence-electron chi connectivity index (χ2n) is 7.34. The van der Waals surface area contributed by atoms with Crippen LogP contribution in [0.5, 0.6) is 11.5 Å². The Balaban J connectivity index is 1.41. The number of carbonyl (C=O) groups is 2. The van der Waals surface area contributed by atoms with Gasteiger partial charge < -0.3 is 24.2 Å². The maximum absolute atomic E-state index is 12.9. The van der Waals surface area contributed by atoms with Crippen LogP contribution in [-0.4, -0.2) is 63.2 Å². The first-order valence-corrected chi connectivity index (χ1v) is 9.77. The molecule has 0 radical (unpaired) electrons. The maximum Gasteiger partial charge on any atom is 0.331 e. The van der Waals surface area contributed by atoms with Crippen molar-refractivity contribution in [2.24, 2.45) is 0 Å². The van der Waals surface area contributed by atoms with Gasteiger partial charge in [-0.05, 0) is 36.8 Å². The summed E-state index contributed by atoms with van der Waals surface area (Å²) in [6.45, 7) is 4.98. The summed E-state index contributed by atoms with van der Waals surface area (Å²) in [6, 6.07) is 13.6. The van der Waals surface area contributed by atoms with E-state index in [0.717, 1.165) is 35.8 Å². The molecular weight excluding hydrogens is 370 g/mol. The van der Waals surface area contributed by atoms with E-state index in [1.54, 1.807) is 13.2 Å². The van der Waals surface area contributed by atoms with Crippen LogP contribution in [0.15, 0.2) is 42.5 Å². The topological polar surface area (TPSA) is 62.3 Å². The van der Waals surface area contributed by atoms with Crippen molar-refractivity contribution < 1.29 is 19.1 Å². The smallest absolute Gasteiger partial charge is 0.331 e. The number of nitrogens with zero attached hydrogens (tertiary/aromatic N) is 3. The third-order valence-electron chi connectivity index (χ3n) is 5.38. The average molecular weight is 395 g/mol. The zero-order valence-corrected chi connectivity index (χ0v) is 16.8. The number of anilines is 2. The molecule has 0 N–H and O–H groups in total. The second-order valence-corrected chi connectivity index (χ2v) is 7.34. The standard InChI is InChI=1S/C22H25N3O4/c1-16-7-8-20-18(13-16)25(15-22(27)29-20)14-21(26)24-11-9-23(10-12-24)17-5-3-4-6-19(17)28-2/h3-8,13H,9-12,14-15H2,1-2H3. The van der Waals surface area contributed by atoms with Gasteiger partial charge in [-0.25, -0.2) is 4.79 Å². The van der Waals surface area contributed by atoms with Gasteiger partial charge in [-0.2, -0.15) is 0 Å². The molecule has 2 aromatic carbocycles. The lowest BCUT2D eigenvalue weighted by molar-refractivity contribution is -0.133. The molecule has 1 fully saturated rings. The molecular formula is C22H25N3O4. The van der Waals surface area contributed by atoms with Gasteiger partial charge >= 0.3 is 5.97 Å². The van der Waals surface area contributed by atoms with Crippen molar-refractivity contribution in [3.8, 4) is 11.5 Å². The number of rotatable bonds is 4. The van der Waals surface area contributed by atoms with Gasteiger partial charge in [-0.1, -0.05) is 18.2 Å². The third kappa shape index (κ3) is 3.99. The second kappa shape index (κ2) is 8.03. The molecule has 0 bridgehead atoms. The molecule has 0 spiro atoms. The SMILES string of the molecule is COc1ccccc1N1CCN(C(=O)CN2CC(=O)Oc3ccc(C)cc32)CC1. The van der Waals surface area contributed by atoms with Gasteiger partial charge in [-0.3, -0.25) is 4.79 Å². The molecule has 0 unspecified atom stereocenters. The lowest BCUT2D eigenvalue weighted by atomic mass is 10.1. The molecule has 4 rings (SSSR count). The van der Waals surface area contributed by atoms with Gasteiger partial charge in [0, 0.05) is 26.2 Å². The number of para-hydroxylation sites is 2. The van der Waals surface area contributed by atoms with E-state index in [0.29, 0.717) is 18.8 Å². The lowest BCUT2D eigenvalue weighted by Gasteiger charge is -2.38. The number of piperazine rings is 1. The summed E-state index contributed by atoms with van der Waals surface area (Å²) in [5.41, 5.74) is 2.90. The highest BCUT2D eigenvalue weighted by molar-refractivity contribution is 5.89. The van der Waals surface area contributed by atoms with E-state index < -0.39 is 0 Å². The van der Waals surface area contributed by atoms with Crippen LogP contribution >= 0.6 is 0 Å². The molecule has 29 heavy (non-hydrogen) atoms. The fourth-order valence-corrected chi connectivity index (χ4v) is 3.85. The van der Waals surface area contributed by atoms with Gasteiger partial charge in [-0.15, -0.1) is 0 Å². The number of benzene rings is 2. The minimum absolute atomic E-state index is 0.0202. The van der Waals surface area contributed by atoms with E-state index in [2.05, 4.69) is 4.90 Å². The quantitative estimate of drug-likeness (QED) is 0.584. The Morgan fingerprint density at radius 3 is 2.59 bits per heavy atom. The van der Waals surface area contributed by atoms with Gasteiger partial charge in [0.1, 0.15) is 12.3 Å². The number of hydrogen-bond donors (Lipinski definition) is 0. The van der Waals surface area contributed by atoms with Crippen molar-refractivity contribution in [3.63, 3.8) is 0 Å². The molecule has 2 heterocycles. The van der Waals surface area contributed by atoms with Gasteiger partial charge in [0.15, 0.2) is 5.75 Å². The number of carbonyl (C=O) groups excluding carboxylic acids is 2. The highest BCUT2D eigenvalue weighted by atomic mass is 16.5. The molecule has 152 valence electrons. The normalized spacial score (nSPS) is 16.3. The zero-order chi connectivity index (χ0) is 20.4. The molecule has 1 amide bonds. The predicted molar refractivity (Wildman–Crippen MR) is 111 cm³/mol. The van der Waals surface area contributed by atoms with E-state index in [1.807, 2.05) is 53.1 Å². The van der Waals surface area contributed by atoms with Crippen molar-refractivity contribution >= 4 is 23.3 Å². The fourth-order valence-electron chi connectivity index (χ4n) is 3.85. The van der Waals surface area contributed by atoms with E-state index in [1.165, 1.54) is 0 Å². The molecule has 0 aliphatic carbocycles. The first kappa shape index (κ1) is 19.1. The van der Waals surface area contributed by atoms with Crippen LogP contribution in [0.2, 0.25) is 0 Å². The van der Waals surface area contributed by atoms with Crippen LogP contribution in [-0.2, 0) is 9.59 Å². The molecule has 7 nitrogen and oxygen atoms in total. The summed E-state index contributed by atoms with van der Waals surface area (Å²) in [6.07, 6.45) is 0. The molecule has 0 saturated carbocycles. The minimum atomic E-state index is -0.338. The summed E-state index contributed by atoms with van der Waals surface area (Å²) in [5.74, 6) is 1.04. The van der Waals surface area contributed by atoms with E-state index in [9.17, 15) is 9.59 Å². The monoisotopic (exact) mass is 395 g/mol. The molecule has 0 atom stereocenters. The highest BCUT2D eigenvalue weighted by Crippen LogP contribution is 2.33. The number of fused-ring (bicyclic) bond motifs is 1. The van der Waals surface area contributed by atoms with E-state index in [-0.39, 0.29) is 25.0 Å². The highest BCUT2D eigenvalue weighted by Gasteiger charge is 2.29. The Kier molecular flexibility index (Phi) is 5.29. The Labute approximate surface area is 170 Å². The van der Waals surface area contributed by atoms with Gasteiger partial charge in [0.25, 0.3) is 0 Å². The van der Waals surface area contributed by atoms with Gasteiger partial charge in [0.2, 0.25) is 5.91 Å². The van der Waals surface area contributed by atoms with Crippen LogP contribution in [0.3, 0.4) is 0 Å². The molecule has 1 saturated heterocycles. The molecule has 7 heteroatoms. The first-order valence-electron chi connectivity index (χ1n) is 9.77. The number of ether oxygens (including phenoxy) is 2. The number of esters is 1. The fraction of sp³-hybridized carbons (Fsp3) is 0.364. The Hall–Kier alpha value is -3.22. The number of methoxy groups -OCH3 is 1. The first-order chi connectivity index (χ1) is 14.0. The van der Waals surface area contributed by atoms with Crippen LogP contribution < -0.4 is 19.3 Å². The van der Waals surface area contributed by atoms with Crippen LogP contribution in [0, 0.1) is 6.92 Å². The largest absolute Gasteiger partial charge is 0.495 e. The van der Waals surface area contributed by atoms with Crippen molar-refractivity contribution in [2.45, 2.75) is 6.92 Å². The molecule has 2 aliphatic heterocycles. The van der Waals surface area contributed by atoms with Crippen molar-refractivity contribution in [2.75, 3.05) is 56.2 Å². The van der Waals surface area contributed by atoms with Crippen LogP contribution in [0.25, 0.3) is 0 Å². The van der Waals surface area contributed by atoms with E-state index >= 15 is 0 Å². The van der Waals surface area contributed by atoms with Crippen LogP contribution in [0.4, 0.5) is 11.4 Å². The average Bonchev–Trinajstić information content (AvgIpc) is 2.74. The van der Waals surface area contributed by atoms with Crippen molar-refractivity contribution in [3.05, 3.63) is 48.0 Å². The lowest BCUT2D eigenvalue weighted by Crippen LogP contribution is -2.52.